The van der Waals surface area contributed by atoms with Crippen LogP contribution in [-0.2, 0) is 14.3 Å². The van der Waals surface area contributed by atoms with Gasteiger partial charge in [0.05, 0.1) is 19.3 Å². The predicted octanol–water partition coefficient (Wildman–Crippen LogP) is -0.402. The van der Waals surface area contributed by atoms with E-state index in [4.69, 9.17) is 15.2 Å². The van der Waals surface area contributed by atoms with Crippen molar-refractivity contribution < 1.29 is 14.3 Å². The molecule has 1 aliphatic rings. The minimum Gasteiger partial charge on any atom is -0.383 e. The standard InChI is InChI=1S/C10H20N2O3/c1-3-8-6-12(4-5-15-8)10(13)9(11)7-14-2/h8-9H,3-7,11H2,1-2H3. The second kappa shape index (κ2) is 6.05. The van der Waals surface area contributed by atoms with Gasteiger partial charge < -0.3 is 20.1 Å². The van der Waals surface area contributed by atoms with Crippen molar-refractivity contribution in [1.29, 1.82) is 0 Å². The summed E-state index contributed by atoms with van der Waals surface area (Å²) >= 11 is 0. The van der Waals surface area contributed by atoms with Gasteiger partial charge in [-0.2, -0.15) is 0 Å². The SMILES string of the molecule is CCC1CN(C(=O)C(N)COC)CCO1. The van der Waals surface area contributed by atoms with Crippen LogP contribution >= 0.6 is 0 Å². The van der Waals surface area contributed by atoms with Gasteiger partial charge in [-0.25, -0.2) is 0 Å². The molecule has 2 atom stereocenters. The zero-order valence-electron chi connectivity index (χ0n) is 9.44. The van der Waals surface area contributed by atoms with Crippen molar-refractivity contribution in [2.24, 2.45) is 5.73 Å². The van der Waals surface area contributed by atoms with Crippen LogP contribution in [-0.4, -0.2) is 56.4 Å². The van der Waals surface area contributed by atoms with Crippen LogP contribution in [0.1, 0.15) is 13.3 Å². The summed E-state index contributed by atoms with van der Waals surface area (Å²) in [5.74, 6) is -0.0430. The van der Waals surface area contributed by atoms with Crippen LogP contribution in [0.15, 0.2) is 0 Å². The van der Waals surface area contributed by atoms with Gasteiger partial charge in [-0.05, 0) is 6.42 Å². The Morgan fingerprint density at radius 3 is 3.07 bits per heavy atom. The third-order valence-electron chi connectivity index (χ3n) is 2.57. The van der Waals surface area contributed by atoms with E-state index in [9.17, 15) is 4.79 Å². The summed E-state index contributed by atoms with van der Waals surface area (Å²) in [5, 5.41) is 0. The van der Waals surface area contributed by atoms with Gasteiger partial charge in [0.2, 0.25) is 5.91 Å². The van der Waals surface area contributed by atoms with Crippen molar-refractivity contribution in [3.05, 3.63) is 0 Å². The highest BCUT2D eigenvalue weighted by Gasteiger charge is 2.26. The van der Waals surface area contributed by atoms with E-state index >= 15 is 0 Å². The summed E-state index contributed by atoms with van der Waals surface area (Å²) in [5.41, 5.74) is 5.69. The summed E-state index contributed by atoms with van der Waals surface area (Å²) < 4.78 is 10.3. The molecule has 0 aromatic heterocycles. The average Bonchev–Trinajstić information content (AvgIpc) is 2.28. The summed E-state index contributed by atoms with van der Waals surface area (Å²) in [6.07, 6.45) is 1.07. The van der Waals surface area contributed by atoms with Crippen molar-refractivity contribution in [3.63, 3.8) is 0 Å². The Morgan fingerprint density at radius 2 is 2.47 bits per heavy atom. The molecule has 0 aromatic carbocycles. The molecule has 0 bridgehead atoms. The van der Waals surface area contributed by atoms with Crippen molar-refractivity contribution in [2.45, 2.75) is 25.5 Å². The number of ether oxygens (including phenoxy) is 2. The summed E-state index contributed by atoms with van der Waals surface area (Å²) in [6, 6.07) is -0.550. The molecule has 2 unspecified atom stereocenters. The quantitative estimate of drug-likeness (QED) is 0.694. The lowest BCUT2D eigenvalue weighted by molar-refractivity contribution is -0.141. The molecule has 5 heteroatoms. The van der Waals surface area contributed by atoms with Gasteiger partial charge in [-0.15, -0.1) is 0 Å². The normalized spacial score (nSPS) is 23.9. The highest BCUT2D eigenvalue weighted by atomic mass is 16.5. The van der Waals surface area contributed by atoms with Gasteiger partial charge in [-0.1, -0.05) is 6.92 Å². The van der Waals surface area contributed by atoms with E-state index in [1.807, 2.05) is 6.92 Å². The third kappa shape index (κ3) is 3.44. The Balaban J connectivity index is 2.44. The number of rotatable bonds is 4. The van der Waals surface area contributed by atoms with Gasteiger partial charge in [0.1, 0.15) is 6.04 Å². The molecule has 1 saturated heterocycles. The number of hydrogen-bond acceptors (Lipinski definition) is 4. The van der Waals surface area contributed by atoms with Crippen LogP contribution in [0, 0.1) is 0 Å². The maximum atomic E-state index is 11.8. The second-order valence-electron chi connectivity index (χ2n) is 3.75. The second-order valence-corrected chi connectivity index (χ2v) is 3.75. The first kappa shape index (κ1) is 12.4. The number of nitrogens with two attached hydrogens (primary N) is 1. The Hall–Kier alpha value is -0.650. The van der Waals surface area contributed by atoms with E-state index in [1.165, 1.54) is 0 Å². The fourth-order valence-corrected chi connectivity index (χ4v) is 1.65. The molecule has 0 saturated carbocycles. The van der Waals surface area contributed by atoms with Crippen LogP contribution in [0.2, 0.25) is 0 Å². The zero-order valence-corrected chi connectivity index (χ0v) is 9.44. The molecule has 1 rings (SSSR count). The van der Waals surface area contributed by atoms with Crippen LogP contribution in [0.5, 0.6) is 0 Å². The zero-order chi connectivity index (χ0) is 11.3. The maximum absolute atomic E-state index is 11.8. The molecule has 5 nitrogen and oxygen atoms in total. The molecule has 2 N–H and O–H groups in total. The lowest BCUT2D eigenvalue weighted by Crippen LogP contribution is -2.52. The Bertz CT molecular complexity index is 211. The first-order valence-electron chi connectivity index (χ1n) is 5.34. The number of methoxy groups -OCH3 is 1. The topological polar surface area (TPSA) is 64.8 Å². The van der Waals surface area contributed by atoms with Crippen molar-refractivity contribution in [3.8, 4) is 0 Å². The van der Waals surface area contributed by atoms with E-state index in [2.05, 4.69) is 0 Å². The minimum atomic E-state index is -0.550. The van der Waals surface area contributed by atoms with E-state index < -0.39 is 6.04 Å². The Labute approximate surface area is 90.5 Å². The molecule has 0 aromatic rings. The van der Waals surface area contributed by atoms with Crippen LogP contribution in [0.3, 0.4) is 0 Å². The average molecular weight is 216 g/mol. The van der Waals surface area contributed by atoms with Crippen molar-refractivity contribution >= 4 is 5.91 Å². The van der Waals surface area contributed by atoms with E-state index in [-0.39, 0.29) is 18.6 Å². The lowest BCUT2D eigenvalue weighted by Gasteiger charge is -2.33. The molecule has 1 fully saturated rings. The molecule has 1 aliphatic heterocycles. The third-order valence-corrected chi connectivity index (χ3v) is 2.57. The van der Waals surface area contributed by atoms with Gasteiger partial charge >= 0.3 is 0 Å². The van der Waals surface area contributed by atoms with E-state index in [0.29, 0.717) is 19.7 Å². The fourth-order valence-electron chi connectivity index (χ4n) is 1.65. The highest BCUT2D eigenvalue weighted by Crippen LogP contribution is 2.09. The highest BCUT2D eigenvalue weighted by molar-refractivity contribution is 5.81. The fraction of sp³-hybridized carbons (Fsp3) is 0.900. The Kier molecular flexibility index (Phi) is 5.01. The lowest BCUT2D eigenvalue weighted by atomic mass is 10.2. The van der Waals surface area contributed by atoms with Crippen LogP contribution in [0.25, 0.3) is 0 Å². The number of carbonyl (C=O) groups excluding carboxylic acids is 1. The van der Waals surface area contributed by atoms with E-state index in [1.54, 1.807) is 12.0 Å². The summed E-state index contributed by atoms with van der Waals surface area (Å²) in [7, 11) is 1.54. The monoisotopic (exact) mass is 216 g/mol. The van der Waals surface area contributed by atoms with Crippen molar-refractivity contribution in [1.82, 2.24) is 4.90 Å². The first-order valence-corrected chi connectivity index (χ1v) is 5.34. The molecule has 15 heavy (non-hydrogen) atoms. The van der Waals surface area contributed by atoms with Crippen LogP contribution in [0.4, 0.5) is 0 Å². The summed E-state index contributed by atoms with van der Waals surface area (Å²) in [4.78, 5) is 13.6. The number of carbonyl (C=O) groups is 1. The Morgan fingerprint density at radius 1 is 1.73 bits per heavy atom. The molecule has 88 valence electrons. The van der Waals surface area contributed by atoms with Gasteiger partial charge in [0.25, 0.3) is 0 Å². The van der Waals surface area contributed by atoms with Gasteiger partial charge in [-0.3, -0.25) is 4.79 Å². The minimum absolute atomic E-state index is 0.0430. The molecule has 0 aliphatic carbocycles. The van der Waals surface area contributed by atoms with Gasteiger partial charge in [0, 0.05) is 20.2 Å². The van der Waals surface area contributed by atoms with Crippen LogP contribution < -0.4 is 5.73 Å². The summed E-state index contributed by atoms with van der Waals surface area (Å²) in [6.45, 7) is 4.20. The molecular formula is C10H20N2O3. The smallest absolute Gasteiger partial charge is 0.242 e. The number of hydrogen-bond donors (Lipinski definition) is 1. The predicted molar refractivity (Wildman–Crippen MR) is 56.5 cm³/mol. The molecule has 0 radical (unpaired) electrons. The van der Waals surface area contributed by atoms with Gasteiger partial charge in [0.15, 0.2) is 0 Å². The van der Waals surface area contributed by atoms with E-state index in [0.717, 1.165) is 6.42 Å². The number of amides is 1. The number of morpholine rings is 1. The number of nitrogens with zero attached hydrogens (tertiary/aromatic N) is 1. The van der Waals surface area contributed by atoms with Crippen molar-refractivity contribution in [2.75, 3.05) is 33.4 Å². The molecular weight excluding hydrogens is 196 g/mol. The first-order chi connectivity index (χ1) is 7.19. The molecule has 1 heterocycles. The molecule has 1 amide bonds. The largest absolute Gasteiger partial charge is 0.383 e. The molecule has 0 spiro atoms. The maximum Gasteiger partial charge on any atom is 0.242 e.